The fraction of sp³-hybridized carbons (Fsp3) is 0.471. The van der Waals surface area contributed by atoms with Crippen LogP contribution in [-0.4, -0.2) is 27.5 Å². The maximum Gasteiger partial charge on any atom is 0.494 e. The highest BCUT2D eigenvalue weighted by molar-refractivity contribution is 6.62. The molecule has 0 radical (unpaired) electrons. The van der Waals surface area contributed by atoms with Gasteiger partial charge in [-0.15, -0.1) is 0 Å². The van der Waals surface area contributed by atoms with Crippen LogP contribution in [0.25, 0.3) is 5.69 Å². The first-order chi connectivity index (χ1) is 10.6. The van der Waals surface area contributed by atoms with Gasteiger partial charge in [-0.05, 0) is 51.7 Å². The SMILES string of the molecule is Cc1cc(B2OC(C)(C)C(C)(C)O2)ccc1-n1ccn(C)c1=O. The zero-order valence-electron chi connectivity index (χ0n) is 14.6. The molecule has 0 unspecified atom stereocenters. The molecule has 2 aromatic rings. The minimum atomic E-state index is -0.389. The van der Waals surface area contributed by atoms with Gasteiger partial charge in [0.1, 0.15) is 0 Å². The highest BCUT2D eigenvalue weighted by atomic mass is 16.7. The number of imidazole rings is 1. The van der Waals surface area contributed by atoms with Crippen LogP contribution in [0, 0.1) is 6.92 Å². The number of hydrogen-bond acceptors (Lipinski definition) is 3. The van der Waals surface area contributed by atoms with Crippen molar-refractivity contribution in [2.45, 2.75) is 45.8 Å². The number of aryl methyl sites for hydroxylation is 2. The zero-order valence-corrected chi connectivity index (χ0v) is 14.6. The molecule has 0 N–H and O–H groups in total. The molecule has 0 saturated carbocycles. The van der Waals surface area contributed by atoms with Gasteiger partial charge in [-0.3, -0.25) is 4.57 Å². The second kappa shape index (κ2) is 5.11. The highest BCUT2D eigenvalue weighted by Gasteiger charge is 2.51. The molecule has 2 heterocycles. The van der Waals surface area contributed by atoms with Crippen LogP contribution in [-0.2, 0) is 16.4 Å². The first-order valence-electron chi connectivity index (χ1n) is 7.83. The summed E-state index contributed by atoms with van der Waals surface area (Å²) in [4.78, 5) is 12.1. The smallest absolute Gasteiger partial charge is 0.399 e. The fourth-order valence-corrected chi connectivity index (χ4v) is 2.72. The van der Waals surface area contributed by atoms with Crippen molar-refractivity contribution in [2.75, 3.05) is 0 Å². The van der Waals surface area contributed by atoms with Gasteiger partial charge in [0.25, 0.3) is 0 Å². The average molecular weight is 314 g/mol. The van der Waals surface area contributed by atoms with Crippen molar-refractivity contribution in [1.29, 1.82) is 0 Å². The molecule has 1 aromatic carbocycles. The van der Waals surface area contributed by atoms with E-state index in [9.17, 15) is 4.79 Å². The Morgan fingerprint density at radius 2 is 1.65 bits per heavy atom. The number of benzene rings is 1. The first kappa shape index (κ1) is 16.1. The Hall–Kier alpha value is -1.79. The summed E-state index contributed by atoms with van der Waals surface area (Å²) in [6.45, 7) is 10.1. The van der Waals surface area contributed by atoms with E-state index >= 15 is 0 Å². The van der Waals surface area contributed by atoms with E-state index in [4.69, 9.17) is 9.31 Å². The normalized spacial score (nSPS) is 19.3. The van der Waals surface area contributed by atoms with Gasteiger partial charge in [-0.1, -0.05) is 12.1 Å². The Morgan fingerprint density at radius 1 is 1.04 bits per heavy atom. The molecule has 0 amide bonds. The van der Waals surface area contributed by atoms with Gasteiger partial charge in [0, 0.05) is 19.4 Å². The number of aromatic nitrogens is 2. The molecule has 1 aromatic heterocycles. The zero-order chi connectivity index (χ0) is 17.0. The van der Waals surface area contributed by atoms with E-state index < -0.39 is 0 Å². The van der Waals surface area contributed by atoms with E-state index in [2.05, 4.69) is 0 Å². The Kier molecular flexibility index (Phi) is 3.57. The molecule has 1 aliphatic rings. The highest BCUT2D eigenvalue weighted by Crippen LogP contribution is 2.36. The van der Waals surface area contributed by atoms with E-state index in [0.717, 1.165) is 16.7 Å². The van der Waals surface area contributed by atoms with Crippen molar-refractivity contribution in [3.8, 4) is 5.69 Å². The largest absolute Gasteiger partial charge is 0.494 e. The summed E-state index contributed by atoms with van der Waals surface area (Å²) in [6, 6.07) is 5.93. The summed E-state index contributed by atoms with van der Waals surface area (Å²) in [5, 5.41) is 0. The van der Waals surface area contributed by atoms with Gasteiger partial charge in [0.2, 0.25) is 0 Å². The van der Waals surface area contributed by atoms with Crippen molar-refractivity contribution in [3.63, 3.8) is 0 Å². The van der Waals surface area contributed by atoms with Crippen LogP contribution in [0.2, 0.25) is 0 Å². The second-order valence-corrected chi connectivity index (χ2v) is 7.20. The van der Waals surface area contributed by atoms with Crippen LogP contribution in [0.3, 0.4) is 0 Å². The van der Waals surface area contributed by atoms with Gasteiger partial charge in [0.05, 0.1) is 16.9 Å². The average Bonchev–Trinajstić information content (AvgIpc) is 2.88. The third kappa shape index (κ3) is 2.56. The molecule has 3 rings (SSSR count). The number of nitrogens with zero attached hydrogens (tertiary/aromatic N) is 2. The van der Waals surface area contributed by atoms with Crippen molar-refractivity contribution < 1.29 is 9.31 Å². The molecule has 0 aliphatic carbocycles. The molecule has 1 aliphatic heterocycles. The molecule has 0 bridgehead atoms. The lowest BCUT2D eigenvalue weighted by molar-refractivity contribution is 0.00578. The Bertz CT molecular complexity index is 788. The molecular weight excluding hydrogens is 291 g/mol. The molecule has 5 nitrogen and oxygen atoms in total. The van der Waals surface area contributed by atoms with Crippen molar-refractivity contribution in [1.82, 2.24) is 9.13 Å². The molecule has 0 atom stereocenters. The third-order valence-corrected chi connectivity index (χ3v) is 4.95. The summed E-state index contributed by atoms with van der Waals surface area (Å²) < 4.78 is 15.4. The summed E-state index contributed by atoms with van der Waals surface area (Å²) in [7, 11) is 1.35. The third-order valence-electron chi connectivity index (χ3n) is 4.95. The van der Waals surface area contributed by atoms with Gasteiger partial charge >= 0.3 is 12.8 Å². The van der Waals surface area contributed by atoms with Crippen molar-refractivity contribution in [2.24, 2.45) is 7.05 Å². The van der Waals surface area contributed by atoms with Crippen LogP contribution in [0.4, 0.5) is 0 Å². The number of hydrogen-bond donors (Lipinski definition) is 0. The predicted octanol–water partition coefficient (Wildman–Crippen LogP) is 1.78. The molecule has 6 heteroatoms. The van der Waals surface area contributed by atoms with E-state index in [-0.39, 0.29) is 24.0 Å². The van der Waals surface area contributed by atoms with Crippen molar-refractivity contribution >= 4 is 12.6 Å². The van der Waals surface area contributed by atoms with Crippen molar-refractivity contribution in [3.05, 3.63) is 46.6 Å². The van der Waals surface area contributed by atoms with Crippen LogP contribution < -0.4 is 11.2 Å². The van der Waals surface area contributed by atoms with Crippen LogP contribution in [0.1, 0.15) is 33.3 Å². The van der Waals surface area contributed by atoms with Gasteiger partial charge < -0.3 is 13.9 Å². The second-order valence-electron chi connectivity index (χ2n) is 7.20. The fourth-order valence-electron chi connectivity index (χ4n) is 2.72. The van der Waals surface area contributed by atoms with E-state index in [0.29, 0.717) is 0 Å². The molecule has 122 valence electrons. The quantitative estimate of drug-likeness (QED) is 0.794. The van der Waals surface area contributed by atoms with E-state index in [1.54, 1.807) is 28.6 Å². The minimum Gasteiger partial charge on any atom is -0.399 e. The summed E-state index contributed by atoms with van der Waals surface area (Å²) in [6.07, 6.45) is 3.53. The Balaban J connectivity index is 1.95. The lowest BCUT2D eigenvalue weighted by Crippen LogP contribution is -2.41. The summed E-state index contributed by atoms with van der Waals surface area (Å²) in [5.41, 5.74) is 2.06. The Morgan fingerprint density at radius 3 is 2.13 bits per heavy atom. The topological polar surface area (TPSA) is 45.4 Å². The van der Waals surface area contributed by atoms with Gasteiger partial charge in [0.15, 0.2) is 0 Å². The van der Waals surface area contributed by atoms with Gasteiger partial charge in [-0.25, -0.2) is 4.79 Å². The van der Waals surface area contributed by atoms with E-state index in [1.165, 1.54) is 0 Å². The maximum absolute atomic E-state index is 12.1. The minimum absolute atomic E-state index is 0.0588. The monoisotopic (exact) mass is 314 g/mol. The Labute approximate surface area is 137 Å². The summed E-state index contributed by atoms with van der Waals surface area (Å²) in [5.74, 6) is 0. The predicted molar refractivity (Wildman–Crippen MR) is 91.5 cm³/mol. The molecule has 1 saturated heterocycles. The first-order valence-corrected chi connectivity index (χ1v) is 7.83. The van der Waals surface area contributed by atoms with Crippen LogP contribution in [0.15, 0.2) is 35.4 Å². The summed E-state index contributed by atoms with van der Waals surface area (Å²) >= 11 is 0. The van der Waals surface area contributed by atoms with E-state index in [1.807, 2.05) is 52.8 Å². The lowest BCUT2D eigenvalue weighted by atomic mass is 9.78. The lowest BCUT2D eigenvalue weighted by Gasteiger charge is -2.32. The molecule has 1 fully saturated rings. The molecular formula is C17H23BN2O3. The molecule has 0 spiro atoms. The van der Waals surface area contributed by atoms with Crippen LogP contribution in [0.5, 0.6) is 0 Å². The number of rotatable bonds is 2. The van der Waals surface area contributed by atoms with Gasteiger partial charge in [-0.2, -0.15) is 0 Å². The maximum atomic E-state index is 12.1. The molecule has 23 heavy (non-hydrogen) atoms. The standard InChI is InChI=1S/C17H23BN2O3/c1-12-11-13(18-22-16(2,3)17(4,5)23-18)7-8-14(12)20-10-9-19(6)15(20)21/h7-11H,1-6H3. The van der Waals surface area contributed by atoms with Crippen LogP contribution >= 0.6 is 0 Å².